The molecule has 32 heavy (non-hydrogen) atoms. The predicted octanol–water partition coefficient (Wildman–Crippen LogP) is 1.49. The van der Waals surface area contributed by atoms with Crippen molar-refractivity contribution in [2.24, 2.45) is 28.8 Å². The van der Waals surface area contributed by atoms with Crippen molar-refractivity contribution in [2.45, 2.75) is 57.0 Å². The molecule has 2 heterocycles. The molecular weight excluding hydrogens is 412 g/mol. The van der Waals surface area contributed by atoms with E-state index in [9.17, 15) is 19.8 Å². The summed E-state index contributed by atoms with van der Waals surface area (Å²) in [5, 5.41) is 25.7. The molecule has 2 amide bonds. The lowest BCUT2D eigenvalue weighted by Gasteiger charge is -2.45. The second-order valence-electron chi connectivity index (χ2n) is 9.42. The number of aliphatic hydroxyl groups is 2. The third-order valence-corrected chi connectivity index (χ3v) is 7.54. The maximum absolute atomic E-state index is 13.3. The average molecular weight is 443 g/mol. The zero-order chi connectivity index (χ0) is 22.2. The van der Waals surface area contributed by atoms with Gasteiger partial charge in [0.2, 0.25) is 11.8 Å². The Morgan fingerprint density at radius 1 is 1.06 bits per heavy atom. The average Bonchev–Trinajstić information content (AvgIpc) is 3.40. The fraction of sp³-hybridized carbons (Fsp3) is 0.625. The van der Waals surface area contributed by atoms with Crippen LogP contribution in [0.4, 0.5) is 0 Å². The number of oxime groups is 1. The summed E-state index contributed by atoms with van der Waals surface area (Å²) in [6.45, 7) is 1.24. The van der Waals surface area contributed by atoms with E-state index in [-0.39, 0.29) is 36.8 Å². The summed E-state index contributed by atoms with van der Waals surface area (Å²) in [6, 6.07) is 9.67. The smallest absolute Gasteiger partial charge is 0.233 e. The van der Waals surface area contributed by atoms with Gasteiger partial charge in [-0.15, -0.1) is 0 Å². The number of fused-ring (bicyclic) bond motifs is 3. The predicted molar refractivity (Wildman–Crippen MR) is 114 cm³/mol. The fourth-order valence-corrected chi connectivity index (χ4v) is 5.98. The maximum atomic E-state index is 13.3. The van der Waals surface area contributed by atoms with Gasteiger partial charge in [-0.05, 0) is 31.2 Å². The zero-order valence-corrected chi connectivity index (χ0v) is 18.0. The first kappa shape index (κ1) is 21.6. The van der Waals surface area contributed by atoms with E-state index in [1.807, 2.05) is 30.3 Å². The standard InChI is InChI=1S/C24H30N2O6/c27-19-11-18(25-32-13-14-5-2-1-3-6-14)16-8-9-17-21(20(16)22(19)28)24(30)26(23(17)29)12-15-7-4-10-31-15/h1-3,5-6,15-17,19-22,27-28H,4,7-13H2/t15-,16+,17+,19+,20-,21+,22+/m0/s1. The summed E-state index contributed by atoms with van der Waals surface area (Å²) in [6.07, 6.45) is 0.973. The summed E-state index contributed by atoms with van der Waals surface area (Å²) in [5.74, 6) is -2.22. The van der Waals surface area contributed by atoms with Gasteiger partial charge >= 0.3 is 0 Å². The number of amides is 2. The molecule has 8 nitrogen and oxygen atoms in total. The minimum atomic E-state index is -1.07. The molecule has 1 aromatic rings. The highest BCUT2D eigenvalue weighted by Crippen LogP contribution is 2.49. The molecule has 5 rings (SSSR count). The minimum absolute atomic E-state index is 0.107. The van der Waals surface area contributed by atoms with Crippen molar-refractivity contribution in [2.75, 3.05) is 13.2 Å². The Labute approximate surface area is 187 Å². The Morgan fingerprint density at radius 2 is 1.84 bits per heavy atom. The highest BCUT2D eigenvalue weighted by Gasteiger charge is 2.59. The van der Waals surface area contributed by atoms with Crippen LogP contribution in [0.3, 0.4) is 0 Å². The van der Waals surface area contributed by atoms with E-state index in [1.165, 1.54) is 4.90 Å². The van der Waals surface area contributed by atoms with Crippen molar-refractivity contribution in [3.63, 3.8) is 0 Å². The molecule has 0 radical (unpaired) electrons. The topological polar surface area (TPSA) is 109 Å². The van der Waals surface area contributed by atoms with Gasteiger partial charge in [-0.25, -0.2) is 0 Å². The van der Waals surface area contributed by atoms with Crippen molar-refractivity contribution < 1.29 is 29.4 Å². The number of imide groups is 1. The molecule has 7 atom stereocenters. The van der Waals surface area contributed by atoms with E-state index in [0.29, 0.717) is 31.8 Å². The normalized spacial score (nSPS) is 38.1. The van der Waals surface area contributed by atoms with E-state index >= 15 is 0 Å². The summed E-state index contributed by atoms with van der Waals surface area (Å²) >= 11 is 0. The SMILES string of the molecule is O=C1[C@H]2[C@H]3[C@H](O)[C@H](O)CC(=NOCc4ccccc4)[C@H]3CC[C@H]2C(=O)N1C[C@@H]1CCCO1. The molecule has 172 valence electrons. The monoisotopic (exact) mass is 442 g/mol. The van der Waals surface area contributed by atoms with Gasteiger partial charge in [-0.2, -0.15) is 0 Å². The quantitative estimate of drug-likeness (QED) is 0.528. The lowest BCUT2D eigenvalue weighted by molar-refractivity contribution is -0.143. The van der Waals surface area contributed by atoms with Crippen LogP contribution in [0.2, 0.25) is 0 Å². The van der Waals surface area contributed by atoms with Crippen LogP contribution in [0.5, 0.6) is 0 Å². The van der Waals surface area contributed by atoms with Crippen LogP contribution in [0.25, 0.3) is 0 Å². The number of hydrogen-bond donors (Lipinski definition) is 2. The van der Waals surface area contributed by atoms with Crippen molar-refractivity contribution in [1.29, 1.82) is 0 Å². The lowest BCUT2D eigenvalue weighted by Crippen LogP contribution is -2.54. The highest BCUT2D eigenvalue weighted by molar-refractivity contribution is 6.06. The number of benzene rings is 1. The third-order valence-electron chi connectivity index (χ3n) is 7.54. The van der Waals surface area contributed by atoms with Crippen LogP contribution >= 0.6 is 0 Å². The lowest BCUT2D eigenvalue weighted by atomic mass is 9.60. The molecule has 2 aliphatic carbocycles. The van der Waals surface area contributed by atoms with Gasteiger partial charge in [0, 0.05) is 24.9 Å². The fourth-order valence-electron chi connectivity index (χ4n) is 5.98. The summed E-state index contributed by atoms with van der Waals surface area (Å²) in [4.78, 5) is 33.3. The second-order valence-corrected chi connectivity index (χ2v) is 9.42. The van der Waals surface area contributed by atoms with Crippen molar-refractivity contribution in [3.8, 4) is 0 Å². The first-order chi connectivity index (χ1) is 15.5. The number of carbonyl (C=O) groups is 2. The Hall–Kier alpha value is -2.29. The van der Waals surface area contributed by atoms with Crippen LogP contribution in [0.15, 0.2) is 35.5 Å². The minimum Gasteiger partial charge on any atom is -0.391 e. The van der Waals surface area contributed by atoms with Gasteiger partial charge in [-0.1, -0.05) is 35.5 Å². The molecule has 8 heteroatoms. The van der Waals surface area contributed by atoms with Gasteiger partial charge in [-0.3, -0.25) is 14.5 Å². The molecule has 1 aromatic carbocycles. The van der Waals surface area contributed by atoms with E-state index in [0.717, 1.165) is 18.4 Å². The van der Waals surface area contributed by atoms with Crippen molar-refractivity contribution >= 4 is 17.5 Å². The van der Waals surface area contributed by atoms with E-state index in [4.69, 9.17) is 9.57 Å². The number of carbonyl (C=O) groups excluding carboxylic acids is 2. The molecule has 4 aliphatic rings. The van der Waals surface area contributed by atoms with Crippen LogP contribution < -0.4 is 0 Å². The summed E-state index contributed by atoms with van der Waals surface area (Å²) in [5.41, 5.74) is 1.65. The molecule has 0 aromatic heterocycles. The van der Waals surface area contributed by atoms with Crippen LogP contribution in [-0.4, -0.2) is 64.1 Å². The van der Waals surface area contributed by atoms with Gasteiger partial charge < -0.3 is 19.8 Å². The number of likely N-dealkylation sites (tertiary alicyclic amines) is 1. The summed E-state index contributed by atoms with van der Waals surface area (Å²) < 4.78 is 5.64. The van der Waals surface area contributed by atoms with E-state index < -0.39 is 30.0 Å². The molecular formula is C24H30N2O6. The number of aliphatic hydroxyl groups excluding tert-OH is 2. The van der Waals surface area contributed by atoms with Gasteiger partial charge in [0.1, 0.15) is 6.61 Å². The zero-order valence-electron chi connectivity index (χ0n) is 18.0. The molecule has 2 aliphatic heterocycles. The molecule has 2 saturated carbocycles. The van der Waals surface area contributed by atoms with Gasteiger partial charge in [0.25, 0.3) is 0 Å². The largest absolute Gasteiger partial charge is 0.391 e. The Morgan fingerprint density at radius 3 is 2.59 bits per heavy atom. The van der Waals surface area contributed by atoms with Gasteiger partial charge in [0.05, 0.1) is 42.4 Å². The second kappa shape index (κ2) is 8.92. The number of hydrogen-bond acceptors (Lipinski definition) is 7. The molecule has 0 bridgehead atoms. The first-order valence-electron chi connectivity index (χ1n) is 11.6. The number of rotatable bonds is 5. The Balaban J connectivity index is 1.35. The third kappa shape index (κ3) is 3.84. The number of ether oxygens (including phenoxy) is 1. The molecule has 2 saturated heterocycles. The van der Waals surface area contributed by atoms with Crippen molar-refractivity contribution in [3.05, 3.63) is 35.9 Å². The van der Waals surface area contributed by atoms with Crippen LogP contribution in [0, 0.1) is 23.7 Å². The highest BCUT2D eigenvalue weighted by atomic mass is 16.6. The maximum Gasteiger partial charge on any atom is 0.233 e. The van der Waals surface area contributed by atoms with Crippen molar-refractivity contribution in [1.82, 2.24) is 4.90 Å². The number of nitrogens with zero attached hydrogens (tertiary/aromatic N) is 2. The molecule has 2 N–H and O–H groups in total. The van der Waals surface area contributed by atoms with Crippen LogP contribution in [0.1, 0.15) is 37.7 Å². The summed E-state index contributed by atoms with van der Waals surface area (Å²) in [7, 11) is 0. The van der Waals surface area contributed by atoms with E-state index in [2.05, 4.69) is 5.16 Å². The first-order valence-corrected chi connectivity index (χ1v) is 11.6. The van der Waals surface area contributed by atoms with Gasteiger partial charge in [0.15, 0.2) is 0 Å². The Bertz CT molecular complexity index is 884. The molecule has 4 fully saturated rings. The van der Waals surface area contributed by atoms with E-state index in [1.54, 1.807) is 0 Å². The molecule has 0 spiro atoms. The molecule has 0 unspecified atom stereocenters. The Kier molecular flexibility index (Phi) is 6.01. The van der Waals surface area contributed by atoms with Crippen LogP contribution in [-0.2, 0) is 25.8 Å².